The van der Waals surface area contributed by atoms with Crippen molar-refractivity contribution in [1.29, 1.82) is 0 Å². The van der Waals surface area contributed by atoms with E-state index in [1.54, 1.807) is 14.2 Å². The van der Waals surface area contributed by atoms with Gasteiger partial charge in [-0.1, -0.05) is 13.8 Å². The topological polar surface area (TPSA) is 56.5 Å². The number of hydrogen-bond acceptors (Lipinski definition) is 4. The number of rotatable bonds is 9. The van der Waals surface area contributed by atoms with Crippen LogP contribution in [0.15, 0.2) is 0 Å². The highest BCUT2D eigenvalue weighted by atomic mass is 16.5. The molecular weight excluding hydrogens is 192 g/mol. The second-order valence-electron chi connectivity index (χ2n) is 4.63. The Balaban J connectivity index is 3.63. The molecule has 0 saturated carbocycles. The normalized spacial score (nSPS) is 14.2. The minimum atomic E-state index is 0.114. The van der Waals surface area contributed by atoms with E-state index in [-0.39, 0.29) is 11.5 Å². The van der Waals surface area contributed by atoms with E-state index in [4.69, 9.17) is 15.2 Å². The van der Waals surface area contributed by atoms with E-state index in [0.29, 0.717) is 6.54 Å². The van der Waals surface area contributed by atoms with Gasteiger partial charge in [0.1, 0.15) is 0 Å². The van der Waals surface area contributed by atoms with Crippen LogP contribution in [0.1, 0.15) is 20.3 Å². The van der Waals surface area contributed by atoms with Gasteiger partial charge >= 0.3 is 0 Å². The van der Waals surface area contributed by atoms with E-state index in [1.165, 1.54) is 0 Å². The number of nitrogens with two attached hydrogens (primary N) is 1. The van der Waals surface area contributed by atoms with Crippen LogP contribution in [0.25, 0.3) is 0 Å². The molecule has 0 rings (SSSR count). The quantitative estimate of drug-likeness (QED) is 0.595. The summed E-state index contributed by atoms with van der Waals surface area (Å²) in [5.74, 6) is 0. The van der Waals surface area contributed by atoms with Gasteiger partial charge in [0.25, 0.3) is 0 Å². The SMILES string of the molecule is COCCC(C)(C)CNCC(CN)OC. The molecule has 4 nitrogen and oxygen atoms in total. The first-order chi connectivity index (χ1) is 7.05. The lowest BCUT2D eigenvalue weighted by Gasteiger charge is -2.25. The lowest BCUT2D eigenvalue weighted by Crippen LogP contribution is -2.39. The summed E-state index contributed by atoms with van der Waals surface area (Å²) >= 11 is 0. The van der Waals surface area contributed by atoms with Crippen molar-refractivity contribution >= 4 is 0 Å². The molecule has 0 heterocycles. The zero-order valence-electron chi connectivity index (χ0n) is 10.5. The first-order valence-electron chi connectivity index (χ1n) is 5.48. The molecule has 0 fully saturated rings. The molecule has 0 bridgehead atoms. The third kappa shape index (κ3) is 7.73. The number of methoxy groups -OCH3 is 2. The minimum absolute atomic E-state index is 0.114. The van der Waals surface area contributed by atoms with Crippen LogP contribution in [0.5, 0.6) is 0 Å². The second kappa shape index (κ2) is 8.05. The first kappa shape index (κ1) is 14.8. The first-order valence-corrected chi connectivity index (χ1v) is 5.48. The van der Waals surface area contributed by atoms with Crippen LogP contribution < -0.4 is 11.1 Å². The van der Waals surface area contributed by atoms with Gasteiger partial charge in [-0.2, -0.15) is 0 Å². The maximum absolute atomic E-state index is 5.53. The number of hydrogen-bond donors (Lipinski definition) is 2. The van der Waals surface area contributed by atoms with E-state index in [9.17, 15) is 0 Å². The Bertz CT molecular complexity index is 148. The summed E-state index contributed by atoms with van der Waals surface area (Å²) in [5.41, 5.74) is 5.78. The fraction of sp³-hybridized carbons (Fsp3) is 1.00. The molecule has 0 spiro atoms. The molecule has 0 aromatic rings. The summed E-state index contributed by atoms with van der Waals surface area (Å²) in [6, 6.07) is 0. The zero-order chi connectivity index (χ0) is 11.7. The summed E-state index contributed by atoms with van der Waals surface area (Å²) in [4.78, 5) is 0. The Kier molecular flexibility index (Phi) is 7.96. The third-order valence-corrected chi connectivity index (χ3v) is 2.55. The molecule has 0 aromatic carbocycles. The van der Waals surface area contributed by atoms with E-state index < -0.39 is 0 Å². The van der Waals surface area contributed by atoms with E-state index in [2.05, 4.69) is 19.2 Å². The van der Waals surface area contributed by atoms with Gasteiger partial charge in [0.15, 0.2) is 0 Å². The zero-order valence-corrected chi connectivity index (χ0v) is 10.5. The largest absolute Gasteiger partial charge is 0.385 e. The fourth-order valence-electron chi connectivity index (χ4n) is 1.30. The van der Waals surface area contributed by atoms with Gasteiger partial charge in [-0.3, -0.25) is 0 Å². The van der Waals surface area contributed by atoms with Gasteiger partial charge in [-0.15, -0.1) is 0 Å². The van der Waals surface area contributed by atoms with E-state index >= 15 is 0 Å². The van der Waals surface area contributed by atoms with Crippen molar-refractivity contribution in [2.24, 2.45) is 11.1 Å². The Morgan fingerprint density at radius 3 is 2.47 bits per heavy atom. The van der Waals surface area contributed by atoms with Crippen molar-refractivity contribution in [3.63, 3.8) is 0 Å². The van der Waals surface area contributed by atoms with Crippen LogP contribution in [-0.2, 0) is 9.47 Å². The van der Waals surface area contributed by atoms with Gasteiger partial charge in [-0.05, 0) is 11.8 Å². The molecule has 4 heteroatoms. The highest BCUT2D eigenvalue weighted by molar-refractivity contribution is 4.73. The molecule has 0 aliphatic carbocycles. The molecule has 0 aliphatic rings. The van der Waals surface area contributed by atoms with Crippen molar-refractivity contribution in [1.82, 2.24) is 5.32 Å². The summed E-state index contributed by atoms with van der Waals surface area (Å²) in [6.07, 6.45) is 1.17. The molecule has 1 atom stereocenters. The van der Waals surface area contributed by atoms with Crippen molar-refractivity contribution < 1.29 is 9.47 Å². The monoisotopic (exact) mass is 218 g/mol. The minimum Gasteiger partial charge on any atom is -0.385 e. The van der Waals surface area contributed by atoms with Crippen LogP contribution in [0, 0.1) is 5.41 Å². The fourth-order valence-corrected chi connectivity index (χ4v) is 1.30. The Labute approximate surface area is 93.5 Å². The third-order valence-electron chi connectivity index (χ3n) is 2.55. The van der Waals surface area contributed by atoms with Crippen molar-refractivity contribution in [3.8, 4) is 0 Å². The number of ether oxygens (including phenoxy) is 2. The van der Waals surface area contributed by atoms with Gasteiger partial charge in [0.2, 0.25) is 0 Å². The van der Waals surface area contributed by atoms with Gasteiger partial charge in [0.05, 0.1) is 6.10 Å². The van der Waals surface area contributed by atoms with Gasteiger partial charge in [-0.25, -0.2) is 0 Å². The molecular formula is C11H26N2O2. The summed E-state index contributed by atoms with van der Waals surface area (Å²) in [7, 11) is 3.42. The highest BCUT2D eigenvalue weighted by Gasteiger charge is 2.17. The molecule has 3 N–H and O–H groups in total. The summed E-state index contributed by atoms with van der Waals surface area (Å²) in [6.45, 7) is 7.58. The lowest BCUT2D eigenvalue weighted by molar-refractivity contribution is 0.102. The predicted octanol–water partition coefficient (Wildman–Crippen LogP) is 0.612. The molecule has 92 valence electrons. The van der Waals surface area contributed by atoms with Crippen molar-refractivity contribution in [2.45, 2.75) is 26.4 Å². The molecule has 0 aliphatic heterocycles. The van der Waals surface area contributed by atoms with Crippen LogP contribution in [0.3, 0.4) is 0 Å². The Hall–Kier alpha value is -0.160. The molecule has 0 aromatic heterocycles. The highest BCUT2D eigenvalue weighted by Crippen LogP contribution is 2.18. The summed E-state index contributed by atoms with van der Waals surface area (Å²) in [5, 5.41) is 3.38. The van der Waals surface area contributed by atoms with Crippen molar-refractivity contribution in [3.05, 3.63) is 0 Å². The van der Waals surface area contributed by atoms with Crippen LogP contribution in [0.4, 0.5) is 0 Å². The smallest absolute Gasteiger partial charge is 0.0817 e. The Morgan fingerprint density at radius 1 is 1.33 bits per heavy atom. The summed E-state index contributed by atoms with van der Waals surface area (Å²) < 4.78 is 10.3. The predicted molar refractivity (Wildman–Crippen MR) is 63.0 cm³/mol. The average Bonchev–Trinajstić information content (AvgIpc) is 2.22. The van der Waals surface area contributed by atoms with E-state index in [1.807, 2.05) is 0 Å². The average molecular weight is 218 g/mol. The molecule has 0 amide bonds. The molecule has 0 radical (unpaired) electrons. The van der Waals surface area contributed by atoms with Gasteiger partial charge < -0.3 is 20.5 Å². The van der Waals surface area contributed by atoms with Crippen LogP contribution >= 0.6 is 0 Å². The standard InChI is InChI=1S/C11H26N2O2/c1-11(2,5-6-14-3)9-13-8-10(7-12)15-4/h10,13H,5-9,12H2,1-4H3. The van der Waals surface area contributed by atoms with Crippen LogP contribution in [0.2, 0.25) is 0 Å². The molecule has 0 saturated heterocycles. The Morgan fingerprint density at radius 2 is 2.00 bits per heavy atom. The molecule has 1 unspecified atom stereocenters. The van der Waals surface area contributed by atoms with Crippen molar-refractivity contribution in [2.75, 3.05) is 40.5 Å². The molecule has 15 heavy (non-hydrogen) atoms. The number of nitrogens with one attached hydrogen (secondary N) is 1. The maximum atomic E-state index is 5.53. The van der Waals surface area contributed by atoms with Crippen LogP contribution in [-0.4, -0.2) is 46.6 Å². The van der Waals surface area contributed by atoms with Gasteiger partial charge in [0, 0.05) is 40.5 Å². The van der Waals surface area contributed by atoms with E-state index in [0.717, 1.165) is 26.1 Å². The second-order valence-corrected chi connectivity index (χ2v) is 4.63. The maximum Gasteiger partial charge on any atom is 0.0817 e. The lowest BCUT2D eigenvalue weighted by atomic mass is 9.90.